The van der Waals surface area contributed by atoms with Crippen molar-refractivity contribution in [1.29, 1.82) is 0 Å². The molecule has 1 aliphatic rings. The minimum atomic E-state index is -2.78. The maximum atomic E-state index is 12.8. The van der Waals surface area contributed by atoms with Crippen LogP contribution in [-0.4, -0.2) is 25.7 Å². The predicted molar refractivity (Wildman–Crippen MR) is 79.4 cm³/mol. The molecule has 116 valence electrons. The van der Waals surface area contributed by atoms with Gasteiger partial charge in [-0.1, -0.05) is 17.7 Å². The third kappa shape index (κ3) is 2.14. The monoisotopic (exact) mass is 335 g/mol. The molecule has 2 aromatic heterocycles. The number of nitrogens with one attached hydrogen (secondary N) is 1. The van der Waals surface area contributed by atoms with Crippen molar-refractivity contribution < 1.29 is 13.6 Å². The van der Waals surface area contributed by atoms with E-state index in [4.69, 9.17) is 11.6 Å². The highest BCUT2D eigenvalue weighted by Gasteiger charge is 2.25. The number of fused-ring (bicyclic) bond motifs is 2. The van der Waals surface area contributed by atoms with Crippen LogP contribution in [0.2, 0.25) is 5.02 Å². The fourth-order valence-corrected chi connectivity index (χ4v) is 2.85. The lowest BCUT2D eigenvalue weighted by atomic mass is 10.0. The largest absolute Gasteiger partial charge is 0.335 e. The summed E-state index contributed by atoms with van der Waals surface area (Å²) in [6, 6.07) is 3.38. The zero-order valence-electron chi connectivity index (χ0n) is 11.4. The quantitative estimate of drug-likeness (QED) is 0.781. The molecule has 0 bridgehead atoms. The van der Waals surface area contributed by atoms with Crippen LogP contribution in [0.4, 0.5) is 14.5 Å². The van der Waals surface area contributed by atoms with Crippen LogP contribution < -0.4 is 5.32 Å². The lowest BCUT2D eigenvalue weighted by Gasteiger charge is -2.08. The number of carbonyl (C=O) groups is 1. The van der Waals surface area contributed by atoms with Crippen molar-refractivity contribution in [2.45, 2.75) is 13.0 Å². The van der Waals surface area contributed by atoms with Crippen LogP contribution in [0.15, 0.2) is 24.5 Å². The van der Waals surface area contributed by atoms with Crippen LogP contribution in [0.5, 0.6) is 0 Å². The lowest BCUT2D eigenvalue weighted by Crippen LogP contribution is -2.03. The summed E-state index contributed by atoms with van der Waals surface area (Å²) in [4.78, 5) is 20.0. The van der Waals surface area contributed by atoms with Gasteiger partial charge in [0.15, 0.2) is 5.65 Å². The first-order chi connectivity index (χ1) is 11.0. The summed E-state index contributed by atoms with van der Waals surface area (Å²) in [7, 11) is 0. The number of hydrogen-bond donors (Lipinski definition) is 1. The number of amides is 1. The SMILES string of the molecule is O=C1Cc2c(-c3cnc4c(cnn4C(F)F)n3)ccc(Cl)c2N1. The second-order valence-electron chi connectivity index (χ2n) is 5.00. The maximum Gasteiger partial charge on any atom is 0.335 e. The Morgan fingerprint density at radius 2 is 2.13 bits per heavy atom. The number of rotatable bonds is 2. The van der Waals surface area contributed by atoms with Gasteiger partial charge < -0.3 is 5.32 Å². The Morgan fingerprint density at radius 1 is 1.30 bits per heavy atom. The van der Waals surface area contributed by atoms with Gasteiger partial charge in [0.25, 0.3) is 0 Å². The van der Waals surface area contributed by atoms with Crippen molar-refractivity contribution in [2.24, 2.45) is 0 Å². The number of hydrogen-bond acceptors (Lipinski definition) is 4. The molecule has 1 aliphatic heterocycles. The molecule has 0 saturated carbocycles. The molecule has 0 saturated heterocycles. The first-order valence-corrected chi connectivity index (χ1v) is 7.02. The van der Waals surface area contributed by atoms with E-state index in [1.807, 2.05) is 0 Å². The number of alkyl halides is 2. The van der Waals surface area contributed by atoms with E-state index in [2.05, 4.69) is 20.4 Å². The molecule has 1 N–H and O–H groups in total. The molecular formula is C14H8ClF2N5O. The van der Waals surface area contributed by atoms with E-state index < -0.39 is 6.55 Å². The molecule has 1 amide bonds. The number of aromatic nitrogens is 4. The van der Waals surface area contributed by atoms with Gasteiger partial charge in [-0.2, -0.15) is 18.6 Å². The van der Waals surface area contributed by atoms with Gasteiger partial charge in [-0.25, -0.2) is 9.97 Å². The van der Waals surface area contributed by atoms with E-state index in [1.165, 1.54) is 12.4 Å². The van der Waals surface area contributed by atoms with Crippen LogP contribution in [0.25, 0.3) is 22.4 Å². The maximum absolute atomic E-state index is 12.8. The Balaban J connectivity index is 1.88. The first kappa shape index (κ1) is 14.0. The third-order valence-corrected chi connectivity index (χ3v) is 3.94. The summed E-state index contributed by atoms with van der Waals surface area (Å²) in [5.41, 5.74) is 2.68. The van der Waals surface area contributed by atoms with Crippen molar-refractivity contribution >= 4 is 34.4 Å². The summed E-state index contributed by atoms with van der Waals surface area (Å²) >= 11 is 6.08. The van der Waals surface area contributed by atoms with Crippen molar-refractivity contribution in [1.82, 2.24) is 19.7 Å². The molecule has 0 fully saturated rings. The van der Waals surface area contributed by atoms with Crippen molar-refractivity contribution in [3.05, 3.63) is 35.1 Å². The van der Waals surface area contributed by atoms with Crippen molar-refractivity contribution in [3.8, 4) is 11.3 Å². The van der Waals surface area contributed by atoms with Crippen LogP contribution in [0.3, 0.4) is 0 Å². The summed E-state index contributed by atoms with van der Waals surface area (Å²) in [5.74, 6) is -0.158. The summed E-state index contributed by atoms with van der Waals surface area (Å²) < 4.78 is 26.1. The Kier molecular flexibility index (Phi) is 3.02. The molecular weight excluding hydrogens is 328 g/mol. The molecule has 0 aliphatic carbocycles. The minimum absolute atomic E-state index is 0.00330. The second-order valence-corrected chi connectivity index (χ2v) is 5.41. The van der Waals surface area contributed by atoms with Gasteiger partial charge in [0.1, 0.15) is 5.52 Å². The van der Waals surface area contributed by atoms with Gasteiger partial charge in [0.05, 0.1) is 35.2 Å². The Morgan fingerprint density at radius 3 is 2.91 bits per heavy atom. The summed E-state index contributed by atoms with van der Waals surface area (Å²) in [5, 5.41) is 6.72. The van der Waals surface area contributed by atoms with E-state index in [0.717, 1.165) is 5.56 Å². The van der Waals surface area contributed by atoms with Crippen LogP contribution in [-0.2, 0) is 11.2 Å². The van der Waals surface area contributed by atoms with Gasteiger partial charge in [-0.05, 0) is 11.6 Å². The highest BCUT2D eigenvalue weighted by molar-refractivity contribution is 6.34. The average molecular weight is 336 g/mol. The predicted octanol–water partition coefficient (Wildman–Crippen LogP) is 3.04. The van der Waals surface area contributed by atoms with Crippen LogP contribution >= 0.6 is 11.6 Å². The number of anilines is 1. The topological polar surface area (TPSA) is 72.7 Å². The molecule has 23 heavy (non-hydrogen) atoms. The Labute approximate surface area is 133 Å². The Bertz CT molecular complexity index is 956. The van der Waals surface area contributed by atoms with E-state index >= 15 is 0 Å². The van der Waals surface area contributed by atoms with E-state index in [9.17, 15) is 13.6 Å². The van der Waals surface area contributed by atoms with Gasteiger partial charge in [-0.15, -0.1) is 0 Å². The van der Waals surface area contributed by atoms with Crippen molar-refractivity contribution in [2.75, 3.05) is 5.32 Å². The fraction of sp³-hybridized carbons (Fsp3) is 0.143. The molecule has 3 aromatic rings. The standard InChI is InChI=1S/C14H8ClF2N5O/c15-8-2-1-6(7-3-11(23)21-12(7)8)9-4-18-13-10(20-9)5-19-22(13)14(16)17/h1-2,4-5,14H,3H2,(H,21,23). The molecule has 9 heteroatoms. The first-order valence-electron chi connectivity index (χ1n) is 6.64. The highest BCUT2D eigenvalue weighted by Crippen LogP contribution is 2.37. The molecule has 1 aromatic carbocycles. The third-order valence-electron chi connectivity index (χ3n) is 3.63. The fourth-order valence-electron chi connectivity index (χ4n) is 2.63. The molecule has 0 radical (unpaired) electrons. The number of benzene rings is 1. The second kappa shape index (κ2) is 4.95. The van der Waals surface area contributed by atoms with E-state index in [1.54, 1.807) is 12.1 Å². The number of carbonyl (C=O) groups excluding carboxylic acids is 1. The van der Waals surface area contributed by atoms with E-state index in [-0.39, 0.29) is 23.5 Å². The molecule has 0 unspecified atom stereocenters. The average Bonchev–Trinajstić information content (AvgIpc) is 3.10. The minimum Gasteiger partial charge on any atom is -0.324 e. The summed E-state index contributed by atoms with van der Waals surface area (Å²) in [6.45, 7) is -2.78. The van der Waals surface area contributed by atoms with Crippen molar-refractivity contribution in [3.63, 3.8) is 0 Å². The van der Waals surface area contributed by atoms with E-state index in [0.29, 0.717) is 26.6 Å². The number of nitrogens with zero attached hydrogens (tertiary/aromatic N) is 4. The zero-order chi connectivity index (χ0) is 16.1. The normalized spacial score (nSPS) is 13.7. The van der Waals surface area contributed by atoms with Gasteiger partial charge in [0, 0.05) is 5.56 Å². The molecule has 0 spiro atoms. The molecule has 4 rings (SSSR count). The molecule has 0 atom stereocenters. The zero-order valence-corrected chi connectivity index (χ0v) is 12.2. The highest BCUT2D eigenvalue weighted by atomic mass is 35.5. The molecule has 3 heterocycles. The van der Waals surface area contributed by atoms with Crippen LogP contribution in [0, 0.1) is 0 Å². The lowest BCUT2D eigenvalue weighted by molar-refractivity contribution is -0.115. The Hall–Kier alpha value is -2.61. The van der Waals surface area contributed by atoms with Gasteiger partial charge in [-0.3, -0.25) is 4.79 Å². The number of halogens is 3. The smallest absolute Gasteiger partial charge is 0.324 e. The van der Waals surface area contributed by atoms with Gasteiger partial charge in [0.2, 0.25) is 5.91 Å². The summed E-state index contributed by atoms with van der Waals surface area (Å²) in [6.07, 6.45) is 2.80. The molecule has 6 nitrogen and oxygen atoms in total. The van der Waals surface area contributed by atoms with Crippen LogP contribution in [0.1, 0.15) is 12.1 Å². The van der Waals surface area contributed by atoms with Gasteiger partial charge >= 0.3 is 6.55 Å².